The molecule has 7 nitrogen and oxygen atoms in total. The van der Waals surface area contributed by atoms with Crippen molar-refractivity contribution in [1.29, 1.82) is 0 Å². The van der Waals surface area contributed by atoms with E-state index in [2.05, 4.69) is 5.32 Å². The summed E-state index contributed by atoms with van der Waals surface area (Å²) in [5.74, 6) is 0.686. The van der Waals surface area contributed by atoms with Gasteiger partial charge in [-0.2, -0.15) is 0 Å². The molecule has 0 atom stereocenters. The van der Waals surface area contributed by atoms with Crippen LogP contribution in [-0.2, 0) is 20.9 Å². The van der Waals surface area contributed by atoms with Gasteiger partial charge in [-0.3, -0.25) is 9.59 Å². The number of para-hydroxylation sites is 1. The van der Waals surface area contributed by atoms with Gasteiger partial charge in [-0.15, -0.1) is 0 Å². The molecule has 1 saturated heterocycles. The zero-order chi connectivity index (χ0) is 19.9. The van der Waals surface area contributed by atoms with E-state index < -0.39 is 0 Å². The minimum absolute atomic E-state index is 0.160. The Morgan fingerprint density at radius 2 is 1.86 bits per heavy atom. The van der Waals surface area contributed by atoms with Gasteiger partial charge in [0.25, 0.3) is 0 Å². The van der Waals surface area contributed by atoms with Crippen molar-refractivity contribution < 1.29 is 23.1 Å². The Morgan fingerprint density at radius 3 is 2.54 bits per heavy atom. The molecule has 2 heterocycles. The number of amides is 2. The number of hydrogen-bond acceptors (Lipinski definition) is 5. The van der Waals surface area contributed by atoms with E-state index in [1.807, 2.05) is 17.9 Å². The number of aryl methyl sites for hydroxylation is 1. The fourth-order valence-electron chi connectivity index (χ4n) is 3.04. The van der Waals surface area contributed by atoms with Crippen molar-refractivity contribution >= 4 is 17.5 Å². The van der Waals surface area contributed by atoms with Crippen LogP contribution < -0.4 is 10.2 Å². The van der Waals surface area contributed by atoms with Crippen LogP contribution in [0.15, 0.2) is 40.8 Å². The molecule has 8 heteroatoms. The molecule has 3 rings (SSSR count). The van der Waals surface area contributed by atoms with Gasteiger partial charge in [0, 0.05) is 26.2 Å². The highest BCUT2D eigenvalue weighted by Gasteiger charge is 2.22. The third kappa shape index (κ3) is 5.32. The molecule has 150 valence electrons. The summed E-state index contributed by atoms with van der Waals surface area (Å²) in [6.45, 7) is 3.83. The zero-order valence-electron chi connectivity index (χ0n) is 15.8. The molecule has 0 radical (unpaired) electrons. The Labute approximate surface area is 163 Å². The average Bonchev–Trinajstić information content (AvgIpc) is 3.12. The van der Waals surface area contributed by atoms with Crippen molar-refractivity contribution in [1.82, 2.24) is 10.2 Å². The maximum Gasteiger partial charge on any atom is 0.248 e. The van der Waals surface area contributed by atoms with E-state index in [1.165, 1.54) is 6.07 Å². The van der Waals surface area contributed by atoms with E-state index in [0.717, 1.165) is 5.76 Å². The highest BCUT2D eigenvalue weighted by molar-refractivity contribution is 5.79. The fraction of sp³-hybridized carbons (Fsp3) is 0.400. The molecule has 1 aliphatic rings. The summed E-state index contributed by atoms with van der Waals surface area (Å²) < 4.78 is 24.4. The predicted octanol–water partition coefficient (Wildman–Crippen LogP) is 1.71. The molecule has 0 bridgehead atoms. The van der Waals surface area contributed by atoms with E-state index >= 15 is 0 Å². The largest absolute Gasteiger partial charge is 0.465 e. The normalized spacial score (nSPS) is 14.2. The number of carbonyl (C=O) groups excluding carboxylic acids is 2. The molecule has 2 amide bonds. The van der Waals surface area contributed by atoms with Crippen molar-refractivity contribution in [3.05, 3.63) is 53.7 Å². The summed E-state index contributed by atoms with van der Waals surface area (Å²) in [5, 5.41) is 2.67. The first-order chi connectivity index (χ1) is 13.5. The molecule has 1 N–H and O–H groups in total. The maximum absolute atomic E-state index is 13.9. The van der Waals surface area contributed by atoms with Crippen LogP contribution in [0.4, 0.5) is 10.1 Å². The molecular weight excluding hydrogens is 365 g/mol. The Hall–Kier alpha value is -2.87. The van der Waals surface area contributed by atoms with Gasteiger partial charge >= 0.3 is 0 Å². The lowest BCUT2D eigenvalue weighted by atomic mass is 10.2. The lowest BCUT2D eigenvalue weighted by molar-refractivity contribution is -0.138. The van der Waals surface area contributed by atoms with Crippen LogP contribution in [-0.4, -0.2) is 56.1 Å². The van der Waals surface area contributed by atoms with Crippen LogP contribution in [0.3, 0.4) is 0 Å². The molecule has 0 aliphatic carbocycles. The number of hydrogen-bond donors (Lipinski definition) is 1. The first-order valence-corrected chi connectivity index (χ1v) is 9.20. The second kappa shape index (κ2) is 9.36. The molecular formula is C20H24FN3O4. The van der Waals surface area contributed by atoms with Crippen molar-refractivity contribution in [2.45, 2.75) is 13.5 Å². The molecule has 1 aromatic carbocycles. The number of piperazine rings is 1. The SMILES string of the molecule is Cc1ccc(CNC(=O)COCC(=O)N2CCN(c3ccccc3F)CC2)o1. The lowest BCUT2D eigenvalue weighted by Crippen LogP contribution is -2.50. The minimum atomic E-state index is -0.314. The molecule has 1 aliphatic heterocycles. The third-order valence-electron chi connectivity index (χ3n) is 4.54. The lowest BCUT2D eigenvalue weighted by Gasteiger charge is -2.36. The Morgan fingerprint density at radius 1 is 1.11 bits per heavy atom. The number of ether oxygens (including phenoxy) is 1. The second-order valence-electron chi connectivity index (χ2n) is 6.60. The van der Waals surface area contributed by atoms with Crippen molar-refractivity contribution in [3.8, 4) is 0 Å². The van der Waals surface area contributed by atoms with E-state index in [9.17, 15) is 14.0 Å². The Kier molecular flexibility index (Phi) is 6.65. The molecule has 2 aromatic rings. The first-order valence-electron chi connectivity index (χ1n) is 9.20. The number of rotatable bonds is 7. The highest BCUT2D eigenvalue weighted by atomic mass is 19.1. The van der Waals surface area contributed by atoms with Crippen molar-refractivity contribution in [2.75, 3.05) is 44.3 Å². The van der Waals surface area contributed by atoms with E-state index in [0.29, 0.717) is 37.6 Å². The predicted molar refractivity (Wildman–Crippen MR) is 101 cm³/mol. The number of carbonyl (C=O) groups is 2. The summed E-state index contributed by atoms with van der Waals surface area (Å²) in [7, 11) is 0. The second-order valence-corrected chi connectivity index (χ2v) is 6.60. The van der Waals surface area contributed by atoms with Gasteiger partial charge in [0.1, 0.15) is 30.6 Å². The zero-order valence-corrected chi connectivity index (χ0v) is 15.8. The average molecular weight is 389 g/mol. The number of benzene rings is 1. The minimum Gasteiger partial charge on any atom is -0.465 e. The number of nitrogens with zero attached hydrogens (tertiary/aromatic N) is 2. The number of nitrogens with one attached hydrogen (secondary N) is 1. The van der Waals surface area contributed by atoms with Crippen molar-refractivity contribution in [2.24, 2.45) is 0 Å². The Balaban J connectivity index is 1.34. The van der Waals surface area contributed by atoms with Crippen LogP contribution in [0.2, 0.25) is 0 Å². The Bertz CT molecular complexity index is 815. The molecule has 0 saturated carbocycles. The monoisotopic (exact) mass is 389 g/mol. The molecule has 0 unspecified atom stereocenters. The standard InChI is InChI=1S/C20H24FN3O4/c1-15-6-7-16(28-15)12-22-19(25)13-27-14-20(26)24-10-8-23(9-11-24)18-5-3-2-4-17(18)21/h2-7H,8-14H2,1H3,(H,22,25). The summed E-state index contributed by atoms with van der Waals surface area (Å²) in [6.07, 6.45) is 0. The molecule has 1 fully saturated rings. The summed E-state index contributed by atoms with van der Waals surface area (Å²) >= 11 is 0. The first kappa shape index (κ1) is 19.9. The van der Waals surface area contributed by atoms with Gasteiger partial charge in [0.2, 0.25) is 11.8 Å². The number of anilines is 1. The van der Waals surface area contributed by atoms with Gasteiger partial charge < -0.3 is 24.3 Å². The fourth-order valence-corrected chi connectivity index (χ4v) is 3.04. The van der Waals surface area contributed by atoms with Crippen LogP contribution >= 0.6 is 0 Å². The van der Waals surface area contributed by atoms with E-state index in [4.69, 9.17) is 9.15 Å². The third-order valence-corrected chi connectivity index (χ3v) is 4.54. The molecule has 0 spiro atoms. The highest BCUT2D eigenvalue weighted by Crippen LogP contribution is 2.20. The molecule has 1 aromatic heterocycles. The van der Waals surface area contributed by atoms with Crippen molar-refractivity contribution in [3.63, 3.8) is 0 Å². The van der Waals surface area contributed by atoms with Crippen LogP contribution in [0.1, 0.15) is 11.5 Å². The smallest absolute Gasteiger partial charge is 0.248 e. The van der Waals surface area contributed by atoms with Gasteiger partial charge in [-0.25, -0.2) is 4.39 Å². The van der Waals surface area contributed by atoms with Crippen LogP contribution in [0, 0.1) is 12.7 Å². The quantitative estimate of drug-likeness (QED) is 0.780. The van der Waals surface area contributed by atoms with Gasteiger partial charge in [-0.05, 0) is 31.2 Å². The van der Waals surface area contributed by atoms with E-state index in [-0.39, 0.29) is 37.4 Å². The van der Waals surface area contributed by atoms with Gasteiger partial charge in [0.15, 0.2) is 0 Å². The van der Waals surface area contributed by atoms with Gasteiger partial charge in [-0.1, -0.05) is 12.1 Å². The number of halogens is 1. The summed E-state index contributed by atoms with van der Waals surface area (Å²) in [5.41, 5.74) is 0.550. The maximum atomic E-state index is 13.9. The summed E-state index contributed by atoms with van der Waals surface area (Å²) in [4.78, 5) is 27.6. The van der Waals surface area contributed by atoms with Crippen LogP contribution in [0.25, 0.3) is 0 Å². The van der Waals surface area contributed by atoms with E-state index in [1.54, 1.807) is 29.2 Å². The van der Waals surface area contributed by atoms with Gasteiger partial charge in [0.05, 0.1) is 12.2 Å². The topological polar surface area (TPSA) is 75.0 Å². The number of furan rings is 1. The van der Waals surface area contributed by atoms with Crippen LogP contribution in [0.5, 0.6) is 0 Å². The molecule has 28 heavy (non-hydrogen) atoms. The summed E-state index contributed by atoms with van der Waals surface area (Å²) in [6, 6.07) is 10.2.